The van der Waals surface area contributed by atoms with Gasteiger partial charge in [0.2, 0.25) is 4.75 Å². The molecule has 0 aliphatic carbocycles. The van der Waals surface area contributed by atoms with Gasteiger partial charge in [0.25, 0.3) is 0 Å². The van der Waals surface area contributed by atoms with Crippen molar-refractivity contribution in [2.24, 2.45) is 0 Å². The molecule has 156 valence electrons. The number of carbonyl (C=O) groups excluding carboxylic acids is 1. The number of nitrogens with zero attached hydrogens (tertiary/aromatic N) is 3. The van der Waals surface area contributed by atoms with Crippen molar-refractivity contribution in [2.45, 2.75) is 43.8 Å². The number of hydroxylamine groups is 1. The maximum absolute atomic E-state index is 13.2. The summed E-state index contributed by atoms with van der Waals surface area (Å²) in [5.74, 6) is 0.348. The van der Waals surface area contributed by atoms with E-state index in [1.165, 1.54) is 18.4 Å². The zero-order valence-corrected chi connectivity index (χ0v) is 17.2. The second-order valence-corrected chi connectivity index (χ2v) is 9.14. The van der Waals surface area contributed by atoms with E-state index in [0.717, 1.165) is 12.2 Å². The first-order chi connectivity index (χ1) is 13.6. The summed E-state index contributed by atoms with van der Waals surface area (Å²) in [5.41, 5.74) is 2.97. The van der Waals surface area contributed by atoms with Crippen LogP contribution in [0.3, 0.4) is 0 Å². The zero-order chi connectivity index (χ0) is 20.0. The summed E-state index contributed by atoms with van der Waals surface area (Å²) < 4.78 is 19.3. The molecule has 2 aliphatic rings. The van der Waals surface area contributed by atoms with Crippen molar-refractivity contribution < 1.29 is 19.3 Å². The van der Waals surface area contributed by atoms with Gasteiger partial charge >= 0.3 is 5.91 Å². The number of carbonyl (C=O) groups is 1. The van der Waals surface area contributed by atoms with Gasteiger partial charge in [0.15, 0.2) is 0 Å². The Balaban J connectivity index is 1.60. The number of pyridine rings is 1. The van der Waals surface area contributed by atoms with Gasteiger partial charge in [-0.25, -0.2) is 10.5 Å². The van der Waals surface area contributed by atoms with Crippen LogP contribution in [0.2, 0.25) is 0 Å². The summed E-state index contributed by atoms with van der Waals surface area (Å²) in [4.78, 5) is 19.1. The Hall–Kier alpha value is -1.39. The minimum absolute atomic E-state index is 0.340. The van der Waals surface area contributed by atoms with Crippen molar-refractivity contribution in [3.8, 4) is 0 Å². The Morgan fingerprint density at radius 1 is 1.32 bits per heavy atom. The molecule has 0 spiro atoms. The van der Waals surface area contributed by atoms with Crippen LogP contribution in [0.15, 0.2) is 18.3 Å². The van der Waals surface area contributed by atoms with Gasteiger partial charge in [0.05, 0.1) is 37.7 Å². The lowest BCUT2D eigenvalue weighted by atomic mass is 9.98. The molecule has 2 saturated heterocycles. The standard InChI is InChI=1S/C19H30N4O4S/c1-2-3-4-16-5-6-17(20-15-16)22-9-11-23(12-10-22)28(26)19(18(24)21-25)7-13-27-14-8-19/h5-6,15,25H,2-4,7-14H2,1H3,(H,21,24). The molecule has 2 fully saturated rings. The van der Waals surface area contributed by atoms with Crippen molar-refractivity contribution in [1.29, 1.82) is 0 Å². The van der Waals surface area contributed by atoms with Gasteiger partial charge < -0.3 is 14.2 Å². The Labute approximate surface area is 169 Å². The summed E-state index contributed by atoms with van der Waals surface area (Å²) in [5, 5.41) is 9.16. The van der Waals surface area contributed by atoms with E-state index in [4.69, 9.17) is 9.94 Å². The largest absolute Gasteiger partial charge is 0.597 e. The number of hydrogen-bond donors (Lipinski definition) is 2. The van der Waals surface area contributed by atoms with Crippen molar-refractivity contribution in [2.75, 3.05) is 44.3 Å². The number of hydrogen-bond acceptors (Lipinski definition) is 7. The second-order valence-electron chi connectivity index (χ2n) is 7.34. The lowest BCUT2D eigenvalue weighted by Gasteiger charge is -2.42. The topological polar surface area (TPSA) is 101 Å². The van der Waals surface area contributed by atoms with Gasteiger partial charge in [-0.05, 0) is 24.5 Å². The van der Waals surface area contributed by atoms with Crippen LogP contribution >= 0.6 is 0 Å². The molecular weight excluding hydrogens is 380 g/mol. The summed E-state index contributed by atoms with van der Waals surface area (Å²) in [6, 6.07) is 4.18. The molecule has 1 aromatic heterocycles. The zero-order valence-electron chi connectivity index (χ0n) is 16.4. The molecule has 28 heavy (non-hydrogen) atoms. The first-order valence-corrected chi connectivity index (χ1v) is 11.1. The summed E-state index contributed by atoms with van der Waals surface area (Å²) in [7, 11) is 0. The van der Waals surface area contributed by atoms with Crippen LogP contribution in [-0.4, -0.2) is 69.1 Å². The number of ether oxygens (including phenoxy) is 1. The monoisotopic (exact) mass is 410 g/mol. The van der Waals surface area contributed by atoms with Crippen LogP contribution in [0, 0.1) is 0 Å². The van der Waals surface area contributed by atoms with E-state index >= 15 is 0 Å². The highest BCUT2D eigenvalue weighted by molar-refractivity contribution is 7.91. The number of piperazine rings is 1. The second kappa shape index (κ2) is 9.89. The maximum Gasteiger partial charge on any atom is 0.301 e. The Morgan fingerprint density at radius 2 is 2.04 bits per heavy atom. The van der Waals surface area contributed by atoms with E-state index in [9.17, 15) is 9.35 Å². The quantitative estimate of drug-likeness (QED) is 0.396. The minimum Gasteiger partial charge on any atom is -0.597 e. The van der Waals surface area contributed by atoms with Crippen LogP contribution in [-0.2, 0) is 27.3 Å². The van der Waals surface area contributed by atoms with E-state index in [1.54, 1.807) is 5.48 Å². The predicted molar refractivity (Wildman–Crippen MR) is 107 cm³/mol. The lowest BCUT2D eigenvalue weighted by Crippen LogP contribution is -2.62. The molecule has 0 saturated carbocycles. The van der Waals surface area contributed by atoms with Gasteiger partial charge in [-0.2, -0.15) is 0 Å². The molecular formula is C19H30N4O4S. The molecule has 2 N–H and O–H groups in total. The minimum atomic E-state index is -1.53. The van der Waals surface area contributed by atoms with Crippen LogP contribution in [0.1, 0.15) is 38.2 Å². The molecule has 3 heterocycles. The molecule has 0 aromatic carbocycles. The molecule has 1 amide bonds. The van der Waals surface area contributed by atoms with Gasteiger partial charge in [0.1, 0.15) is 5.82 Å². The summed E-state index contributed by atoms with van der Waals surface area (Å²) in [6.45, 7) is 5.46. The van der Waals surface area contributed by atoms with Crippen LogP contribution < -0.4 is 10.4 Å². The van der Waals surface area contributed by atoms with Gasteiger partial charge in [0, 0.05) is 32.1 Å². The summed E-state index contributed by atoms with van der Waals surface area (Å²) in [6.07, 6.45) is 6.01. The smallest absolute Gasteiger partial charge is 0.301 e. The Bertz CT molecular complexity index is 631. The fourth-order valence-electron chi connectivity index (χ4n) is 3.75. The van der Waals surface area contributed by atoms with Crippen LogP contribution in [0.5, 0.6) is 0 Å². The Kier molecular flexibility index (Phi) is 7.53. The average molecular weight is 411 g/mol. The van der Waals surface area contributed by atoms with Crippen molar-refractivity contribution in [3.05, 3.63) is 23.9 Å². The average Bonchev–Trinajstić information content (AvgIpc) is 2.77. The van der Waals surface area contributed by atoms with Gasteiger partial charge in [-0.15, -0.1) is 4.31 Å². The molecule has 1 atom stereocenters. The number of amides is 1. The predicted octanol–water partition coefficient (Wildman–Crippen LogP) is 1.26. The molecule has 2 aliphatic heterocycles. The van der Waals surface area contributed by atoms with Crippen molar-refractivity contribution >= 4 is 23.1 Å². The highest BCUT2D eigenvalue weighted by Crippen LogP contribution is 2.33. The first-order valence-electron chi connectivity index (χ1n) is 10.00. The van der Waals surface area contributed by atoms with E-state index in [2.05, 4.69) is 28.9 Å². The number of aryl methyl sites for hydroxylation is 1. The molecule has 0 radical (unpaired) electrons. The molecule has 1 unspecified atom stereocenters. The molecule has 0 bridgehead atoms. The lowest BCUT2D eigenvalue weighted by molar-refractivity contribution is -0.134. The molecule has 3 rings (SSSR count). The highest BCUT2D eigenvalue weighted by Gasteiger charge is 2.54. The van der Waals surface area contributed by atoms with E-state index in [-0.39, 0.29) is 0 Å². The summed E-state index contributed by atoms with van der Waals surface area (Å²) >= 11 is -1.53. The van der Waals surface area contributed by atoms with Crippen LogP contribution in [0.4, 0.5) is 5.82 Å². The highest BCUT2D eigenvalue weighted by atomic mass is 32.2. The third kappa shape index (κ3) is 4.60. The van der Waals surface area contributed by atoms with Crippen molar-refractivity contribution in [3.63, 3.8) is 0 Å². The van der Waals surface area contributed by atoms with Crippen LogP contribution in [0.25, 0.3) is 0 Å². The third-order valence-electron chi connectivity index (χ3n) is 5.58. The number of anilines is 1. The molecule has 1 aromatic rings. The normalized spacial score (nSPS) is 21.3. The number of rotatable bonds is 7. The fraction of sp³-hybridized carbons (Fsp3) is 0.684. The Morgan fingerprint density at radius 3 is 2.61 bits per heavy atom. The van der Waals surface area contributed by atoms with Gasteiger partial charge in [-0.1, -0.05) is 19.4 Å². The van der Waals surface area contributed by atoms with E-state index in [0.29, 0.717) is 52.2 Å². The molecule has 9 heteroatoms. The first kappa shape index (κ1) is 21.3. The maximum atomic E-state index is 13.2. The number of aromatic nitrogens is 1. The SMILES string of the molecule is CCCCc1ccc(N2CCN([S+]([O-])C3(C(=O)NO)CCOCC3)CC2)nc1. The number of nitrogens with one attached hydrogen (secondary N) is 1. The fourth-order valence-corrected chi connectivity index (χ4v) is 5.46. The van der Waals surface area contributed by atoms with Crippen molar-refractivity contribution in [1.82, 2.24) is 14.8 Å². The van der Waals surface area contributed by atoms with E-state index < -0.39 is 22.0 Å². The number of unbranched alkanes of at least 4 members (excludes halogenated alkanes) is 1. The third-order valence-corrected chi connectivity index (χ3v) is 7.67. The van der Waals surface area contributed by atoms with Gasteiger partial charge in [-0.3, -0.25) is 10.0 Å². The molecule has 8 nitrogen and oxygen atoms in total. The van der Waals surface area contributed by atoms with E-state index in [1.807, 2.05) is 10.5 Å².